The van der Waals surface area contributed by atoms with Crippen LogP contribution in [0.3, 0.4) is 0 Å². The number of carbonyl (C=O) groups excluding carboxylic acids is 1. The van der Waals surface area contributed by atoms with Crippen LogP contribution in [-0.2, 0) is 14.8 Å². The smallest absolute Gasteiger partial charge is 0.264 e. The number of thioether (sulfide) groups is 1. The number of anilines is 1. The molecule has 1 N–H and O–H groups in total. The molecule has 0 aliphatic carbocycles. The number of hydrogen-bond acceptors (Lipinski definition) is 6. The summed E-state index contributed by atoms with van der Waals surface area (Å²) in [5, 5.41) is 4.38. The maximum Gasteiger partial charge on any atom is 0.264 e. The first-order valence-corrected chi connectivity index (χ1v) is 13.8. The number of ether oxygens (including phenoxy) is 1. The van der Waals surface area contributed by atoms with Gasteiger partial charge in [-0.15, -0.1) is 0 Å². The van der Waals surface area contributed by atoms with Crippen LogP contribution >= 0.6 is 23.4 Å². The third-order valence-electron chi connectivity index (χ3n) is 5.26. The molecule has 0 atom stereocenters. The van der Waals surface area contributed by atoms with Gasteiger partial charge in [-0.1, -0.05) is 35.9 Å². The lowest BCUT2D eigenvalue weighted by Gasteiger charge is -2.25. The zero-order valence-corrected chi connectivity index (χ0v) is 21.3. The van der Waals surface area contributed by atoms with Crippen molar-refractivity contribution in [3.63, 3.8) is 0 Å². The van der Waals surface area contributed by atoms with Gasteiger partial charge in [0.15, 0.2) is 0 Å². The van der Waals surface area contributed by atoms with E-state index in [4.69, 9.17) is 16.3 Å². The molecule has 0 unspecified atom stereocenters. The van der Waals surface area contributed by atoms with E-state index in [0.29, 0.717) is 5.02 Å². The summed E-state index contributed by atoms with van der Waals surface area (Å²) in [5.74, 6) is 2.19. The fraction of sp³-hybridized carbons (Fsp3) is 0.200. The van der Waals surface area contributed by atoms with Crippen LogP contribution in [0.25, 0.3) is 0 Å². The Balaban J connectivity index is 1.46. The molecule has 0 radical (unpaired) electrons. The Bertz CT molecular complexity index is 1310. The van der Waals surface area contributed by atoms with E-state index >= 15 is 0 Å². The third kappa shape index (κ3) is 6.36. The molecule has 1 fully saturated rings. The highest BCUT2D eigenvalue weighted by atomic mass is 35.5. The topological polar surface area (TPSA) is 88.1 Å². The molecule has 1 saturated heterocycles. The number of amides is 1. The molecule has 0 spiro atoms. The van der Waals surface area contributed by atoms with E-state index in [2.05, 4.69) is 10.5 Å². The highest BCUT2D eigenvalue weighted by Crippen LogP contribution is 2.28. The Morgan fingerprint density at radius 3 is 2.49 bits per heavy atom. The van der Waals surface area contributed by atoms with Gasteiger partial charge in [0, 0.05) is 16.5 Å². The molecule has 182 valence electrons. The molecule has 1 amide bonds. The lowest BCUT2D eigenvalue weighted by atomic mass is 10.2. The van der Waals surface area contributed by atoms with Crippen LogP contribution < -0.4 is 14.5 Å². The van der Waals surface area contributed by atoms with E-state index in [1.807, 2.05) is 43.0 Å². The number of nitrogens with zero attached hydrogens (tertiary/aromatic N) is 2. The van der Waals surface area contributed by atoms with Gasteiger partial charge < -0.3 is 4.74 Å². The summed E-state index contributed by atoms with van der Waals surface area (Å²) in [6.07, 6.45) is 1.75. The second-order valence-electron chi connectivity index (χ2n) is 7.90. The lowest BCUT2D eigenvalue weighted by molar-refractivity contribution is -0.119. The molecule has 3 aromatic rings. The number of halogens is 1. The molecule has 7 nitrogen and oxygen atoms in total. The summed E-state index contributed by atoms with van der Waals surface area (Å²) < 4.78 is 33.5. The van der Waals surface area contributed by atoms with Crippen molar-refractivity contribution in [3.05, 3.63) is 88.9 Å². The Morgan fingerprint density at radius 1 is 1.14 bits per heavy atom. The molecule has 1 aliphatic rings. The average molecular weight is 530 g/mol. The highest BCUT2D eigenvalue weighted by molar-refractivity contribution is 8.00. The Hall–Kier alpha value is -3.01. The predicted octanol–water partition coefficient (Wildman–Crippen LogP) is 4.49. The molecule has 35 heavy (non-hydrogen) atoms. The molecule has 0 bridgehead atoms. The standard InChI is InChI=1S/C25H24ClN3O4S2/c1-18-7-10-20(13-24(18)26)29(35(31,32)23-5-3-2-4-6-23)15-25(30)28-27-14-19-8-11-21(12-9-19)33-22-16-34-17-22/h2-14,22H,15-17H2,1H3,(H,28,30)/b27-14-. The molecular formula is C25H24ClN3O4S2. The van der Waals surface area contributed by atoms with E-state index in [1.54, 1.807) is 30.3 Å². The summed E-state index contributed by atoms with van der Waals surface area (Å²) in [6.45, 7) is 1.34. The summed E-state index contributed by atoms with van der Waals surface area (Å²) in [5.41, 5.74) is 4.24. The summed E-state index contributed by atoms with van der Waals surface area (Å²) in [6, 6.07) is 20.1. The lowest BCUT2D eigenvalue weighted by Crippen LogP contribution is -2.39. The van der Waals surface area contributed by atoms with Crippen molar-refractivity contribution in [1.29, 1.82) is 0 Å². The first-order chi connectivity index (χ1) is 16.8. The van der Waals surface area contributed by atoms with E-state index in [0.717, 1.165) is 32.7 Å². The first kappa shape index (κ1) is 25.1. The van der Waals surface area contributed by atoms with Crippen LogP contribution in [0.2, 0.25) is 5.02 Å². The summed E-state index contributed by atoms with van der Waals surface area (Å²) in [4.78, 5) is 12.7. The first-order valence-electron chi connectivity index (χ1n) is 10.8. The SMILES string of the molecule is Cc1ccc(N(CC(=O)N/N=C\c2ccc(OC3CSC3)cc2)S(=O)(=O)c2ccccc2)cc1Cl. The minimum Gasteiger partial charge on any atom is -0.489 e. The normalized spacial score (nSPS) is 13.9. The zero-order valence-electron chi connectivity index (χ0n) is 18.9. The van der Waals surface area contributed by atoms with Crippen molar-refractivity contribution < 1.29 is 17.9 Å². The van der Waals surface area contributed by atoms with Crippen molar-refractivity contribution in [2.24, 2.45) is 5.10 Å². The molecule has 10 heteroatoms. The number of sulfonamides is 1. The highest BCUT2D eigenvalue weighted by Gasteiger charge is 2.27. The van der Waals surface area contributed by atoms with Gasteiger partial charge >= 0.3 is 0 Å². The third-order valence-corrected chi connectivity index (χ3v) is 8.67. The van der Waals surface area contributed by atoms with Crippen LogP contribution in [-0.4, -0.2) is 44.7 Å². The number of carbonyl (C=O) groups is 1. The van der Waals surface area contributed by atoms with E-state index in [1.165, 1.54) is 24.4 Å². The fourth-order valence-corrected chi connectivity index (χ4v) is 5.40. The van der Waals surface area contributed by atoms with Crippen molar-refractivity contribution in [3.8, 4) is 5.75 Å². The molecule has 1 aliphatic heterocycles. The Labute approximate surface area is 214 Å². The van der Waals surface area contributed by atoms with Crippen molar-refractivity contribution in [1.82, 2.24) is 5.43 Å². The van der Waals surface area contributed by atoms with Gasteiger partial charge in [0.05, 0.1) is 16.8 Å². The number of rotatable bonds is 9. The van der Waals surface area contributed by atoms with E-state index in [-0.39, 0.29) is 16.7 Å². The van der Waals surface area contributed by atoms with E-state index in [9.17, 15) is 13.2 Å². The maximum atomic E-state index is 13.3. The quantitative estimate of drug-likeness (QED) is 0.326. The minimum absolute atomic E-state index is 0.0656. The van der Waals surface area contributed by atoms with E-state index < -0.39 is 22.5 Å². The largest absolute Gasteiger partial charge is 0.489 e. The van der Waals surface area contributed by atoms with Gasteiger partial charge in [-0.2, -0.15) is 16.9 Å². The number of aryl methyl sites for hydroxylation is 1. The van der Waals surface area contributed by atoms with Gasteiger partial charge in [0.2, 0.25) is 0 Å². The van der Waals surface area contributed by atoms with Gasteiger partial charge in [-0.3, -0.25) is 9.10 Å². The van der Waals surface area contributed by atoms with Crippen LogP contribution in [0, 0.1) is 6.92 Å². The number of benzene rings is 3. The zero-order chi connectivity index (χ0) is 24.8. The van der Waals surface area contributed by atoms with Crippen molar-refractivity contribution in [2.45, 2.75) is 17.9 Å². The molecule has 1 heterocycles. The second kappa shape index (κ2) is 11.2. The molecule has 0 saturated carbocycles. The number of nitrogens with one attached hydrogen (secondary N) is 1. The molecular weight excluding hydrogens is 506 g/mol. The Kier molecular flexibility index (Phi) is 8.00. The maximum absolute atomic E-state index is 13.3. The van der Waals surface area contributed by atoms with Crippen molar-refractivity contribution >= 4 is 51.2 Å². The monoisotopic (exact) mass is 529 g/mol. The van der Waals surface area contributed by atoms with Gasteiger partial charge in [0.1, 0.15) is 18.4 Å². The van der Waals surface area contributed by atoms with Crippen molar-refractivity contribution in [2.75, 3.05) is 22.4 Å². The predicted molar refractivity (Wildman–Crippen MR) is 141 cm³/mol. The summed E-state index contributed by atoms with van der Waals surface area (Å²) >= 11 is 8.09. The van der Waals surface area contributed by atoms with Gasteiger partial charge in [0.25, 0.3) is 15.9 Å². The minimum atomic E-state index is -4.02. The molecule has 4 rings (SSSR count). The summed E-state index contributed by atoms with van der Waals surface area (Å²) in [7, 11) is -4.02. The van der Waals surface area contributed by atoms with Gasteiger partial charge in [-0.25, -0.2) is 13.8 Å². The molecule has 0 aromatic heterocycles. The fourth-order valence-electron chi connectivity index (χ4n) is 3.22. The second-order valence-corrected chi connectivity index (χ2v) is 11.2. The Morgan fingerprint density at radius 2 is 1.86 bits per heavy atom. The molecule has 3 aromatic carbocycles. The number of hydrogen-bond donors (Lipinski definition) is 1. The number of hydrazone groups is 1. The van der Waals surface area contributed by atoms with Crippen LogP contribution in [0.4, 0.5) is 5.69 Å². The van der Waals surface area contributed by atoms with Gasteiger partial charge in [-0.05, 0) is 66.6 Å². The van der Waals surface area contributed by atoms with Crippen LogP contribution in [0.15, 0.2) is 82.8 Å². The van der Waals surface area contributed by atoms with Crippen LogP contribution in [0.5, 0.6) is 5.75 Å². The average Bonchev–Trinajstić information content (AvgIpc) is 2.83. The van der Waals surface area contributed by atoms with Crippen LogP contribution in [0.1, 0.15) is 11.1 Å².